The van der Waals surface area contributed by atoms with Gasteiger partial charge in [-0.3, -0.25) is 0 Å². The maximum atomic E-state index is 9.01. The van der Waals surface area contributed by atoms with E-state index in [0.29, 0.717) is 18.1 Å². The van der Waals surface area contributed by atoms with E-state index in [4.69, 9.17) is 15.2 Å². The van der Waals surface area contributed by atoms with Gasteiger partial charge in [0.1, 0.15) is 18.4 Å². The molecule has 1 atom stereocenters. The van der Waals surface area contributed by atoms with Gasteiger partial charge in [0.05, 0.1) is 0 Å². The lowest BCUT2D eigenvalue weighted by Gasteiger charge is -2.12. The van der Waals surface area contributed by atoms with Crippen LogP contribution in [-0.2, 0) is 6.61 Å². The first kappa shape index (κ1) is 16.6. The van der Waals surface area contributed by atoms with Crippen LogP contribution in [0.5, 0.6) is 5.75 Å². The van der Waals surface area contributed by atoms with E-state index in [9.17, 15) is 0 Å². The summed E-state index contributed by atoms with van der Waals surface area (Å²) in [5, 5.41) is 21.0. The average Bonchev–Trinajstić information content (AvgIpc) is 2.61. The van der Waals surface area contributed by atoms with E-state index in [2.05, 4.69) is 31.1 Å². The van der Waals surface area contributed by atoms with E-state index in [0.717, 1.165) is 17.7 Å². The number of nitriles is 1. The minimum Gasteiger partial charge on any atom is -0.489 e. The molecule has 4 heteroatoms. The molecule has 118 valence electrons. The molecule has 2 rings (SSSR count). The second kappa shape index (κ2) is 8.00. The van der Waals surface area contributed by atoms with Gasteiger partial charge in [0.2, 0.25) is 0 Å². The summed E-state index contributed by atoms with van der Waals surface area (Å²) >= 11 is 0. The quantitative estimate of drug-likeness (QED) is 0.486. The minimum absolute atomic E-state index is 0.0173. The van der Waals surface area contributed by atoms with Gasteiger partial charge < -0.3 is 9.94 Å². The van der Waals surface area contributed by atoms with Crippen LogP contribution < -0.4 is 4.74 Å². The van der Waals surface area contributed by atoms with Crippen LogP contribution >= 0.6 is 0 Å². The molecule has 0 amide bonds. The van der Waals surface area contributed by atoms with Crippen LogP contribution in [0, 0.1) is 11.3 Å². The zero-order valence-corrected chi connectivity index (χ0v) is 13.4. The molecule has 1 unspecified atom stereocenters. The van der Waals surface area contributed by atoms with Crippen molar-refractivity contribution in [1.29, 1.82) is 5.26 Å². The van der Waals surface area contributed by atoms with Crippen molar-refractivity contribution in [3.63, 3.8) is 0 Å². The summed E-state index contributed by atoms with van der Waals surface area (Å²) in [5.41, 5.74) is 2.65. The van der Waals surface area contributed by atoms with Gasteiger partial charge in [0, 0.05) is 5.56 Å². The smallest absolute Gasteiger partial charge is 0.187 e. The molecule has 0 heterocycles. The molecule has 0 aliphatic carbocycles. The number of benzene rings is 2. The zero-order chi connectivity index (χ0) is 16.7. The Balaban J connectivity index is 2.11. The topological polar surface area (TPSA) is 65.6 Å². The predicted molar refractivity (Wildman–Crippen MR) is 89.9 cm³/mol. The largest absolute Gasteiger partial charge is 0.489 e. The molecule has 0 spiro atoms. The molecule has 23 heavy (non-hydrogen) atoms. The van der Waals surface area contributed by atoms with Gasteiger partial charge >= 0.3 is 0 Å². The van der Waals surface area contributed by atoms with Crippen LogP contribution in [0.1, 0.15) is 42.9 Å². The highest BCUT2D eigenvalue weighted by Gasteiger charge is 2.10. The second-order valence-corrected chi connectivity index (χ2v) is 5.38. The van der Waals surface area contributed by atoms with Crippen molar-refractivity contribution in [2.45, 2.75) is 32.8 Å². The summed E-state index contributed by atoms with van der Waals surface area (Å²) in [6, 6.07) is 17.2. The fourth-order valence-electron chi connectivity index (χ4n) is 2.30. The average molecular weight is 308 g/mol. The second-order valence-electron chi connectivity index (χ2n) is 5.38. The van der Waals surface area contributed by atoms with E-state index in [-0.39, 0.29) is 5.71 Å². The lowest BCUT2D eigenvalue weighted by molar-refractivity contribution is 0.305. The van der Waals surface area contributed by atoms with Gasteiger partial charge in [-0.2, -0.15) is 5.26 Å². The molecule has 2 aromatic rings. The highest BCUT2D eigenvalue weighted by atomic mass is 16.5. The van der Waals surface area contributed by atoms with E-state index >= 15 is 0 Å². The Labute approximate surface area is 136 Å². The number of nitrogens with zero attached hydrogens (tertiary/aromatic N) is 2. The molecule has 0 aliphatic heterocycles. The van der Waals surface area contributed by atoms with Crippen molar-refractivity contribution in [1.82, 2.24) is 0 Å². The van der Waals surface area contributed by atoms with E-state index < -0.39 is 0 Å². The number of oxime groups is 1. The maximum Gasteiger partial charge on any atom is 0.187 e. The van der Waals surface area contributed by atoms with Gasteiger partial charge in [-0.1, -0.05) is 55.4 Å². The molecule has 0 saturated carbocycles. The summed E-state index contributed by atoms with van der Waals surface area (Å²) in [6.45, 7) is 4.67. The van der Waals surface area contributed by atoms with Gasteiger partial charge in [0.25, 0.3) is 0 Å². The summed E-state index contributed by atoms with van der Waals surface area (Å²) in [5.74, 6) is 1.30. The molecular formula is C19H20N2O2. The SMILES string of the molecule is CCC(C)c1ccc(OCc2ccccc2/C(C#N)=N\O)cc1. The fourth-order valence-corrected chi connectivity index (χ4v) is 2.30. The predicted octanol–water partition coefficient (Wildman–Crippen LogP) is 4.48. The molecule has 1 N–H and O–H groups in total. The molecule has 4 nitrogen and oxygen atoms in total. The number of ether oxygens (including phenoxy) is 1. The van der Waals surface area contributed by atoms with Crippen molar-refractivity contribution in [2.75, 3.05) is 0 Å². The molecule has 0 saturated heterocycles. The molecule has 0 aromatic heterocycles. The summed E-state index contributed by atoms with van der Waals surface area (Å²) < 4.78 is 5.79. The van der Waals surface area contributed by atoms with E-state index in [1.54, 1.807) is 12.1 Å². The number of rotatable bonds is 6. The molecular weight excluding hydrogens is 288 g/mol. The Bertz CT molecular complexity index is 715. The third-order valence-electron chi connectivity index (χ3n) is 3.93. The van der Waals surface area contributed by atoms with Crippen LogP contribution in [0.15, 0.2) is 53.7 Å². The fraction of sp³-hybridized carbons (Fsp3) is 0.263. The van der Waals surface area contributed by atoms with Crippen molar-refractivity contribution in [3.05, 3.63) is 65.2 Å². The first-order chi connectivity index (χ1) is 11.2. The molecule has 2 aromatic carbocycles. The lowest BCUT2D eigenvalue weighted by Crippen LogP contribution is -2.05. The summed E-state index contributed by atoms with van der Waals surface area (Å²) in [4.78, 5) is 0. The zero-order valence-electron chi connectivity index (χ0n) is 13.4. The Hall–Kier alpha value is -2.80. The van der Waals surface area contributed by atoms with E-state index in [1.807, 2.05) is 30.3 Å². The molecule has 0 fully saturated rings. The minimum atomic E-state index is -0.0173. The van der Waals surface area contributed by atoms with Gasteiger partial charge in [0.15, 0.2) is 5.71 Å². The Morgan fingerprint density at radius 2 is 1.91 bits per heavy atom. The molecule has 0 bridgehead atoms. The first-order valence-corrected chi connectivity index (χ1v) is 7.62. The first-order valence-electron chi connectivity index (χ1n) is 7.62. The highest BCUT2D eigenvalue weighted by Crippen LogP contribution is 2.22. The van der Waals surface area contributed by atoms with Gasteiger partial charge in [-0.25, -0.2) is 0 Å². The highest BCUT2D eigenvalue weighted by molar-refractivity contribution is 6.12. The standard InChI is InChI=1S/C19H20N2O2/c1-3-14(2)15-8-10-17(11-9-15)23-13-16-6-4-5-7-18(16)19(12-20)21-22/h4-11,14,22H,3,13H2,1-2H3/b21-19-. The maximum absolute atomic E-state index is 9.01. The van der Waals surface area contributed by atoms with Crippen molar-refractivity contribution in [3.8, 4) is 11.8 Å². The van der Waals surface area contributed by atoms with E-state index in [1.165, 1.54) is 5.56 Å². The lowest BCUT2D eigenvalue weighted by atomic mass is 9.99. The summed E-state index contributed by atoms with van der Waals surface area (Å²) in [6.07, 6.45) is 1.10. The van der Waals surface area contributed by atoms with Crippen molar-refractivity contribution in [2.24, 2.45) is 5.16 Å². The van der Waals surface area contributed by atoms with Crippen LogP contribution in [0.3, 0.4) is 0 Å². The van der Waals surface area contributed by atoms with Crippen molar-refractivity contribution >= 4 is 5.71 Å². The number of hydrogen-bond acceptors (Lipinski definition) is 4. The van der Waals surface area contributed by atoms with Crippen LogP contribution in [-0.4, -0.2) is 10.9 Å². The Morgan fingerprint density at radius 1 is 1.22 bits per heavy atom. The molecule has 0 radical (unpaired) electrons. The normalized spacial score (nSPS) is 12.5. The third kappa shape index (κ3) is 4.10. The van der Waals surface area contributed by atoms with Crippen LogP contribution in [0.25, 0.3) is 0 Å². The van der Waals surface area contributed by atoms with Crippen LogP contribution in [0.2, 0.25) is 0 Å². The van der Waals surface area contributed by atoms with Crippen molar-refractivity contribution < 1.29 is 9.94 Å². The summed E-state index contributed by atoms with van der Waals surface area (Å²) in [7, 11) is 0. The Kier molecular flexibility index (Phi) is 5.76. The van der Waals surface area contributed by atoms with Gasteiger partial charge in [-0.05, 0) is 35.6 Å². The molecule has 0 aliphatic rings. The van der Waals surface area contributed by atoms with Crippen LogP contribution in [0.4, 0.5) is 0 Å². The number of hydrogen-bond donors (Lipinski definition) is 1. The Morgan fingerprint density at radius 3 is 2.52 bits per heavy atom. The monoisotopic (exact) mass is 308 g/mol. The van der Waals surface area contributed by atoms with Gasteiger partial charge in [-0.15, -0.1) is 0 Å². The third-order valence-corrected chi connectivity index (χ3v) is 3.93.